The summed E-state index contributed by atoms with van der Waals surface area (Å²) < 4.78 is 0. The Kier molecular flexibility index (Phi) is 4.52. The van der Waals surface area contributed by atoms with Gasteiger partial charge >= 0.3 is 0 Å². The highest BCUT2D eigenvalue weighted by atomic mass is 16.1. The van der Waals surface area contributed by atoms with Crippen LogP contribution in [0.25, 0.3) is 0 Å². The average molecular weight is 288 g/mol. The quantitative estimate of drug-likeness (QED) is 0.565. The Morgan fingerprint density at radius 1 is 1.29 bits per heavy atom. The number of ketones is 1. The number of hydrogen-bond donors (Lipinski definition) is 0. The summed E-state index contributed by atoms with van der Waals surface area (Å²) in [6.07, 6.45) is 9.42. The first-order valence-electron chi connectivity index (χ1n) is 8.53. The highest BCUT2D eigenvalue weighted by Gasteiger charge is 2.61. The lowest BCUT2D eigenvalue weighted by Gasteiger charge is -2.32. The topological polar surface area (TPSA) is 17.1 Å². The summed E-state index contributed by atoms with van der Waals surface area (Å²) in [5.74, 6) is 1.96. The Labute approximate surface area is 130 Å². The van der Waals surface area contributed by atoms with Gasteiger partial charge in [-0.1, -0.05) is 44.6 Å². The number of carbonyl (C=O) groups excluding carboxylic acids is 1. The molecule has 21 heavy (non-hydrogen) atoms. The monoisotopic (exact) mass is 288 g/mol. The standard InChI is InChI=1S/C10H16O.C10H16/c1-9(2)7-4-5-10(9,3)8(11)6-7;1-8(2)10-6-4-9(3)5-7-10/h7H,4-6H2,1-3H3;4,10H,1,5-7H2,2-3H3. The van der Waals surface area contributed by atoms with E-state index in [1.165, 1.54) is 31.3 Å². The van der Waals surface area contributed by atoms with Crippen molar-refractivity contribution in [3.63, 3.8) is 0 Å². The molecule has 0 N–H and O–H groups in total. The number of hydrogen-bond acceptors (Lipinski definition) is 1. The second-order valence-corrected chi connectivity index (χ2v) is 8.28. The lowest BCUT2D eigenvalue weighted by molar-refractivity contribution is -0.128. The number of Topliss-reactive ketones (excluding diaryl/α,β-unsaturated/α-hetero) is 1. The summed E-state index contributed by atoms with van der Waals surface area (Å²) in [4.78, 5) is 11.6. The van der Waals surface area contributed by atoms with Crippen molar-refractivity contribution in [2.45, 2.75) is 73.1 Å². The molecular weight excluding hydrogens is 256 g/mol. The van der Waals surface area contributed by atoms with Crippen molar-refractivity contribution in [1.82, 2.24) is 0 Å². The Morgan fingerprint density at radius 2 is 1.95 bits per heavy atom. The fourth-order valence-electron chi connectivity index (χ4n) is 4.31. The normalized spacial score (nSPS) is 36.8. The second kappa shape index (κ2) is 5.74. The van der Waals surface area contributed by atoms with Gasteiger partial charge in [-0.05, 0) is 63.2 Å². The van der Waals surface area contributed by atoms with Crippen LogP contribution in [0.4, 0.5) is 0 Å². The van der Waals surface area contributed by atoms with Crippen LogP contribution >= 0.6 is 0 Å². The zero-order valence-electron chi connectivity index (χ0n) is 14.6. The molecule has 118 valence electrons. The predicted octanol–water partition coefficient (Wildman–Crippen LogP) is 5.71. The molecule has 1 heteroatoms. The van der Waals surface area contributed by atoms with Crippen LogP contribution in [-0.4, -0.2) is 5.78 Å². The maximum Gasteiger partial charge on any atom is 0.139 e. The third kappa shape index (κ3) is 2.89. The van der Waals surface area contributed by atoms with Gasteiger partial charge in [0.15, 0.2) is 0 Å². The molecule has 0 aromatic rings. The molecule has 3 rings (SSSR count). The molecule has 3 aliphatic rings. The number of fused-ring (bicyclic) bond motifs is 2. The smallest absolute Gasteiger partial charge is 0.139 e. The molecule has 2 fully saturated rings. The highest BCUT2D eigenvalue weighted by molar-refractivity contribution is 5.89. The van der Waals surface area contributed by atoms with E-state index in [1.54, 1.807) is 5.57 Å². The van der Waals surface area contributed by atoms with Gasteiger partial charge in [-0.25, -0.2) is 0 Å². The maximum absolute atomic E-state index is 11.6. The summed E-state index contributed by atoms with van der Waals surface area (Å²) in [6, 6.07) is 0. The molecule has 0 aromatic carbocycles. The van der Waals surface area contributed by atoms with Gasteiger partial charge in [-0.2, -0.15) is 0 Å². The van der Waals surface area contributed by atoms with Crippen LogP contribution in [0, 0.1) is 22.7 Å². The summed E-state index contributed by atoms with van der Waals surface area (Å²) >= 11 is 0. The van der Waals surface area contributed by atoms with Gasteiger partial charge in [0.05, 0.1) is 0 Å². The number of rotatable bonds is 1. The van der Waals surface area contributed by atoms with Crippen molar-refractivity contribution in [2.24, 2.45) is 22.7 Å². The summed E-state index contributed by atoms with van der Waals surface area (Å²) in [5, 5.41) is 0. The van der Waals surface area contributed by atoms with Gasteiger partial charge in [-0.3, -0.25) is 4.79 Å². The largest absolute Gasteiger partial charge is 0.299 e. The number of carbonyl (C=O) groups is 1. The van der Waals surface area contributed by atoms with Crippen LogP contribution in [0.15, 0.2) is 23.8 Å². The predicted molar refractivity (Wildman–Crippen MR) is 90.1 cm³/mol. The molecule has 0 heterocycles. The van der Waals surface area contributed by atoms with Gasteiger partial charge in [0.2, 0.25) is 0 Å². The van der Waals surface area contributed by atoms with Crippen molar-refractivity contribution in [3.05, 3.63) is 23.8 Å². The zero-order valence-corrected chi connectivity index (χ0v) is 14.6. The van der Waals surface area contributed by atoms with Crippen LogP contribution in [0.1, 0.15) is 73.1 Å². The first-order chi connectivity index (χ1) is 9.68. The van der Waals surface area contributed by atoms with Crippen LogP contribution in [-0.2, 0) is 4.79 Å². The van der Waals surface area contributed by atoms with E-state index in [0.717, 1.165) is 18.8 Å². The minimum atomic E-state index is 0.0255. The Morgan fingerprint density at radius 3 is 2.24 bits per heavy atom. The lowest BCUT2D eigenvalue weighted by Crippen LogP contribution is -2.32. The molecule has 3 unspecified atom stereocenters. The summed E-state index contributed by atoms with van der Waals surface area (Å²) in [5.41, 5.74) is 3.21. The Hall–Kier alpha value is -0.850. The van der Waals surface area contributed by atoms with E-state index < -0.39 is 0 Å². The molecule has 3 aliphatic carbocycles. The third-order valence-corrected chi connectivity index (χ3v) is 6.82. The molecule has 0 aliphatic heterocycles. The fourth-order valence-corrected chi connectivity index (χ4v) is 4.31. The Balaban J connectivity index is 0.000000155. The second-order valence-electron chi connectivity index (χ2n) is 8.28. The highest BCUT2D eigenvalue weighted by Crippen LogP contribution is 2.63. The van der Waals surface area contributed by atoms with Gasteiger partial charge in [0.1, 0.15) is 5.78 Å². The molecule has 3 atom stereocenters. The van der Waals surface area contributed by atoms with Gasteiger partial charge in [0, 0.05) is 11.8 Å². The number of allylic oxidation sites excluding steroid dienone is 3. The van der Waals surface area contributed by atoms with Gasteiger partial charge in [-0.15, -0.1) is 0 Å². The van der Waals surface area contributed by atoms with Crippen molar-refractivity contribution in [3.8, 4) is 0 Å². The van der Waals surface area contributed by atoms with Gasteiger partial charge in [0.25, 0.3) is 0 Å². The van der Waals surface area contributed by atoms with Crippen molar-refractivity contribution >= 4 is 5.78 Å². The van der Waals surface area contributed by atoms with Crippen molar-refractivity contribution in [1.29, 1.82) is 0 Å². The SMILES string of the molecule is C=C(C)C1CC=C(C)CC1.CC12CCC(CC1=O)C2(C)C. The molecule has 0 amide bonds. The Bertz CT molecular complexity index is 468. The minimum absolute atomic E-state index is 0.0255. The third-order valence-electron chi connectivity index (χ3n) is 6.82. The van der Waals surface area contributed by atoms with E-state index >= 15 is 0 Å². The molecule has 2 bridgehead atoms. The van der Waals surface area contributed by atoms with E-state index in [9.17, 15) is 4.79 Å². The first kappa shape index (κ1) is 16.5. The fraction of sp³-hybridized carbons (Fsp3) is 0.750. The van der Waals surface area contributed by atoms with Crippen molar-refractivity contribution in [2.75, 3.05) is 0 Å². The van der Waals surface area contributed by atoms with E-state index in [-0.39, 0.29) is 10.8 Å². The van der Waals surface area contributed by atoms with Crippen LogP contribution in [0.5, 0.6) is 0 Å². The van der Waals surface area contributed by atoms with Crippen LogP contribution < -0.4 is 0 Å². The zero-order chi connectivity index (χ0) is 15.8. The van der Waals surface area contributed by atoms with E-state index in [0.29, 0.717) is 11.7 Å². The van der Waals surface area contributed by atoms with Crippen LogP contribution in [0.2, 0.25) is 0 Å². The molecule has 2 saturated carbocycles. The molecule has 0 radical (unpaired) electrons. The lowest BCUT2D eigenvalue weighted by atomic mass is 9.70. The van der Waals surface area contributed by atoms with Crippen LogP contribution in [0.3, 0.4) is 0 Å². The van der Waals surface area contributed by atoms with Crippen molar-refractivity contribution < 1.29 is 4.79 Å². The molecule has 0 saturated heterocycles. The maximum atomic E-state index is 11.6. The minimum Gasteiger partial charge on any atom is -0.299 e. The molecular formula is C20H32O. The van der Waals surface area contributed by atoms with Gasteiger partial charge < -0.3 is 0 Å². The van der Waals surface area contributed by atoms with E-state index in [1.807, 2.05) is 0 Å². The average Bonchev–Trinajstić information content (AvgIpc) is 2.73. The molecule has 0 aromatic heterocycles. The summed E-state index contributed by atoms with van der Waals surface area (Å²) in [7, 11) is 0. The van der Waals surface area contributed by atoms with E-state index in [2.05, 4.69) is 47.3 Å². The molecule has 0 spiro atoms. The first-order valence-corrected chi connectivity index (χ1v) is 8.53. The van der Waals surface area contributed by atoms with E-state index in [4.69, 9.17) is 0 Å². The molecule has 1 nitrogen and oxygen atoms in total. The summed E-state index contributed by atoms with van der Waals surface area (Å²) in [6.45, 7) is 15.0.